The predicted octanol–water partition coefficient (Wildman–Crippen LogP) is 5.22. The van der Waals surface area contributed by atoms with E-state index in [1.54, 1.807) is 5.56 Å². The van der Waals surface area contributed by atoms with Crippen molar-refractivity contribution in [3.8, 4) is 0 Å². The molecule has 0 N–H and O–H groups in total. The van der Waals surface area contributed by atoms with Gasteiger partial charge in [0.2, 0.25) is 0 Å². The van der Waals surface area contributed by atoms with Gasteiger partial charge in [0.05, 0.1) is 0 Å². The Morgan fingerprint density at radius 3 is 3.00 bits per heavy atom. The van der Waals surface area contributed by atoms with Crippen LogP contribution in [0.5, 0.6) is 0 Å². The molecule has 0 nitrogen and oxygen atoms in total. The molecule has 0 heterocycles. The van der Waals surface area contributed by atoms with Gasteiger partial charge in [-0.15, -0.1) is 0 Å². The van der Waals surface area contributed by atoms with Crippen LogP contribution in [0.25, 0.3) is 0 Å². The zero-order chi connectivity index (χ0) is 12.1. The quantitative estimate of drug-likeness (QED) is 0.417. The van der Waals surface area contributed by atoms with Crippen molar-refractivity contribution in [1.82, 2.24) is 0 Å². The van der Waals surface area contributed by atoms with Crippen LogP contribution in [0.15, 0.2) is 24.3 Å². The smallest absolute Gasteiger partial charge is 0.0426 e. The van der Waals surface area contributed by atoms with Crippen LogP contribution in [0, 0.1) is 5.92 Å². The molecule has 0 fully saturated rings. The zero-order valence-corrected chi connectivity index (χ0v) is 12.9. The van der Waals surface area contributed by atoms with Gasteiger partial charge in [-0.25, -0.2) is 0 Å². The van der Waals surface area contributed by atoms with E-state index in [4.69, 9.17) is 0 Å². The standard InChI is InChI=1S/C15H21BrS/c1-2-17-11-10-13-8-5-7-12-6-3-4-9-14(12)15(13)16/h3-4,6,9,13,15H,2,5,7-8,10-11H2,1H3. The van der Waals surface area contributed by atoms with Crippen molar-refractivity contribution in [1.29, 1.82) is 0 Å². The lowest BCUT2D eigenvalue weighted by Crippen LogP contribution is -2.08. The Bertz CT molecular complexity index is 351. The highest BCUT2D eigenvalue weighted by molar-refractivity contribution is 9.09. The van der Waals surface area contributed by atoms with Crippen LogP contribution in [0.3, 0.4) is 0 Å². The first-order valence-corrected chi connectivity index (χ1v) is 8.69. The zero-order valence-electron chi connectivity index (χ0n) is 10.5. The van der Waals surface area contributed by atoms with Crippen molar-refractivity contribution in [3.05, 3.63) is 35.4 Å². The molecule has 0 saturated heterocycles. The Morgan fingerprint density at radius 1 is 1.35 bits per heavy atom. The second-order valence-electron chi connectivity index (χ2n) is 4.74. The number of hydrogen-bond acceptors (Lipinski definition) is 1. The number of fused-ring (bicyclic) bond motifs is 1. The first-order valence-electron chi connectivity index (χ1n) is 6.62. The molecule has 0 aromatic heterocycles. The van der Waals surface area contributed by atoms with Gasteiger partial charge in [0.25, 0.3) is 0 Å². The largest absolute Gasteiger partial charge is 0.162 e. The summed E-state index contributed by atoms with van der Waals surface area (Å²) in [6, 6.07) is 8.95. The van der Waals surface area contributed by atoms with Crippen LogP contribution in [-0.2, 0) is 6.42 Å². The molecule has 2 atom stereocenters. The minimum atomic E-state index is 0.568. The lowest BCUT2D eigenvalue weighted by molar-refractivity contribution is 0.466. The topological polar surface area (TPSA) is 0 Å². The number of benzene rings is 1. The normalized spacial score (nSPS) is 24.1. The number of aryl methyl sites for hydroxylation is 1. The van der Waals surface area contributed by atoms with Gasteiger partial charge in [-0.3, -0.25) is 0 Å². The van der Waals surface area contributed by atoms with E-state index in [1.807, 2.05) is 0 Å². The Labute approximate surface area is 118 Å². The Hall–Kier alpha value is 0.0500. The summed E-state index contributed by atoms with van der Waals surface area (Å²) in [4.78, 5) is 0.568. The van der Waals surface area contributed by atoms with Gasteiger partial charge < -0.3 is 0 Å². The molecule has 1 aliphatic carbocycles. The molecule has 0 amide bonds. The fourth-order valence-electron chi connectivity index (χ4n) is 2.66. The summed E-state index contributed by atoms with van der Waals surface area (Å²) in [6.07, 6.45) is 5.33. The van der Waals surface area contributed by atoms with E-state index < -0.39 is 0 Å². The van der Waals surface area contributed by atoms with Gasteiger partial charge in [0.15, 0.2) is 0 Å². The van der Waals surface area contributed by atoms with E-state index in [0.29, 0.717) is 4.83 Å². The second-order valence-corrected chi connectivity index (χ2v) is 7.12. The van der Waals surface area contributed by atoms with Crippen molar-refractivity contribution in [2.75, 3.05) is 11.5 Å². The molecule has 94 valence electrons. The van der Waals surface area contributed by atoms with Crippen molar-refractivity contribution < 1.29 is 0 Å². The van der Waals surface area contributed by atoms with Crippen LogP contribution in [0.1, 0.15) is 42.1 Å². The first-order chi connectivity index (χ1) is 8.33. The molecule has 17 heavy (non-hydrogen) atoms. The Morgan fingerprint density at radius 2 is 2.18 bits per heavy atom. The van der Waals surface area contributed by atoms with Crippen LogP contribution in [0.4, 0.5) is 0 Å². The molecule has 2 heteroatoms. The number of alkyl halides is 1. The Balaban J connectivity index is 2.06. The van der Waals surface area contributed by atoms with Crippen molar-refractivity contribution in [2.24, 2.45) is 5.92 Å². The van der Waals surface area contributed by atoms with E-state index in [-0.39, 0.29) is 0 Å². The molecular formula is C15H21BrS. The molecule has 1 aromatic carbocycles. The monoisotopic (exact) mass is 312 g/mol. The molecule has 2 rings (SSSR count). The first kappa shape index (κ1) is 13.5. The molecule has 0 aliphatic heterocycles. The summed E-state index contributed by atoms with van der Waals surface area (Å²) < 4.78 is 0. The number of hydrogen-bond donors (Lipinski definition) is 0. The number of thioether (sulfide) groups is 1. The summed E-state index contributed by atoms with van der Waals surface area (Å²) in [7, 11) is 0. The van der Waals surface area contributed by atoms with Gasteiger partial charge >= 0.3 is 0 Å². The highest BCUT2D eigenvalue weighted by atomic mass is 79.9. The number of halogens is 1. The highest BCUT2D eigenvalue weighted by Crippen LogP contribution is 2.41. The molecular weight excluding hydrogens is 292 g/mol. The third-order valence-electron chi connectivity index (χ3n) is 3.62. The van der Waals surface area contributed by atoms with Crippen molar-refractivity contribution >= 4 is 27.7 Å². The second kappa shape index (κ2) is 6.84. The molecule has 1 aromatic rings. The molecule has 1 aliphatic rings. The van der Waals surface area contributed by atoms with Crippen molar-refractivity contribution in [2.45, 2.75) is 37.4 Å². The van der Waals surface area contributed by atoms with Crippen LogP contribution in [-0.4, -0.2) is 11.5 Å². The minimum Gasteiger partial charge on any atom is -0.162 e. The van der Waals surface area contributed by atoms with Gasteiger partial charge in [-0.2, -0.15) is 11.8 Å². The van der Waals surface area contributed by atoms with Crippen LogP contribution < -0.4 is 0 Å². The average molecular weight is 313 g/mol. The fourth-order valence-corrected chi connectivity index (χ4v) is 4.39. The van der Waals surface area contributed by atoms with Crippen LogP contribution in [0.2, 0.25) is 0 Å². The van der Waals surface area contributed by atoms with Gasteiger partial charge in [0.1, 0.15) is 0 Å². The lowest BCUT2D eigenvalue weighted by atomic mass is 9.94. The Kier molecular flexibility index (Phi) is 5.43. The maximum absolute atomic E-state index is 3.95. The summed E-state index contributed by atoms with van der Waals surface area (Å²) in [5.74, 6) is 3.37. The summed E-state index contributed by atoms with van der Waals surface area (Å²) in [5.41, 5.74) is 3.09. The van der Waals surface area contributed by atoms with E-state index in [1.165, 1.54) is 42.8 Å². The molecule has 2 unspecified atom stereocenters. The molecule has 0 saturated carbocycles. The molecule has 0 spiro atoms. The highest BCUT2D eigenvalue weighted by Gasteiger charge is 2.24. The minimum absolute atomic E-state index is 0.568. The lowest BCUT2D eigenvalue weighted by Gasteiger charge is -2.21. The van der Waals surface area contributed by atoms with Gasteiger partial charge in [-0.1, -0.05) is 47.1 Å². The molecule has 0 bridgehead atoms. The van der Waals surface area contributed by atoms with E-state index in [0.717, 1.165) is 5.92 Å². The third kappa shape index (κ3) is 3.51. The fraction of sp³-hybridized carbons (Fsp3) is 0.600. The van der Waals surface area contributed by atoms with Gasteiger partial charge in [-0.05, 0) is 54.2 Å². The maximum atomic E-state index is 3.95. The summed E-state index contributed by atoms with van der Waals surface area (Å²) >= 11 is 6.02. The van der Waals surface area contributed by atoms with E-state index in [9.17, 15) is 0 Å². The number of rotatable bonds is 4. The summed E-state index contributed by atoms with van der Waals surface area (Å²) in [5, 5.41) is 0. The maximum Gasteiger partial charge on any atom is 0.0426 e. The predicted molar refractivity (Wildman–Crippen MR) is 82.2 cm³/mol. The summed E-state index contributed by atoms with van der Waals surface area (Å²) in [6.45, 7) is 2.25. The van der Waals surface area contributed by atoms with E-state index >= 15 is 0 Å². The third-order valence-corrected chi connectivity index (χ3v) is 5.80. The molecule has 0 radical (unpaired) electrons. The van der Waals surface area contributed by atoms with Crippen LogP contribution >= 0.6 is 27.7 Å². The van der Waals surface area contributed by atoms with E-state index in [2.05, 4.69) is 58.9 Å². The average Bonchev–Trinajstić information content (AvgIpc) is 2.51. The van der Waals surface area contributed by atoms with Gasteiger partial charge in [0, 0.05) is 4.83 Å². The SMILES string of the molecule is CCSCCC1CCCc2ccccc2C1Br. The van der Waals surface area contributed by atoms with Crippen molar-refractivity contribution in [3.63, 3.8) is 0 Å².